The summed E-state index contributed by atoms with van der Waals surface area (Å²) in [5, 5.41) is 10.8. The van der Waals surface area contributed by atoms with Crippen LogP contribution in [0, 0.1) is 0 Å². The van der Waals surface area contributed by atoms with Gasteiger partial charge in [0.15, 0.2) is 5.96 Å². The number of nitrogens with one attached hydrogen (secondary N) is 2. The first-order valence-electron chi connectivity index (χ1n) is 7.71. The lowest BCUT2D eigenvalue weighted by Gasteiger charge is -2.11. The van der Waals surface area contributed by atoms with Crippen LogP contribution in [0.3, 0.4) is 0 Å². The highest BCUT2D eigenvalue weighted by Crippen LogP contribution is 2.13. The number of fused-ring (bicyclic) bond motifs is 1. The van der Waals surface area contributed by atoms with E-state index in [2.05, 4.69) is 55.0 Å². The number of hydrogen-bond acceptors (Lipinski definition) is 3. The van der Waals surface area contributed by atoms with E-state index in [0.717, 1.165) is 29.4 Å². The number of aromatic nitrogens is 2. The Labute approximate surface area is 140 Å². The van der Waals surface area contributed by atoms with Gasteiger partial charge in [-0.25, -0.2) is 9.98 Å². The van der Waals surface area contributed by atoms with Gasteiger partial charge < -0.3 is 15.2 Å². The number of aliphatic imine (C=N–C) groups is 1. The summed E-state index contributed by atoms with van der Waals surface area (Å²) in [7, 11) is 2.04. The highest BCUT2D eigenvalue weighted by Gasteiger charge is 2.07. The minimum absolute atomic E-state index is 0.640. The van der Waals surface area contributed by atoms with E-state index in [-0.39, 0.29) is 0 Å². The van der Waals surface area contributed by atoms with Gasteiger partial charge in [0, 0.05) is 13.6 Å². The van der Waals surface area contributed by atoms with Gasteiger partial charge in [0.25, 0.3) is 0 Å². The highest BCUT2D eigenvalue weighted by molar-refractivity contribution is 7.07. The van der Waals surface area contributed by atoms with Crippen molar-refractivity contribution in [3.05, 3.63) is 52.5 Å². The van der Waals surface area contributed by atoms with Crippen LogP contribution in [0.15, 0.2) is 46.1 Å². The van der Waals surface area contributed by atoms with E-state index in [1.54, 1.807) is 11.3 Å². The summed E-state index contributed by atoms with van der Waals surface area (Å²) >= 11 is 1.70. The summed E-state index contributed by atoms with van der Waals surface area (Å²) in [6, 6.07) is 10.3. The molecule has 0 aliphatic rings. The van der Waals surface area contributed by atoms with Crippen LogP contribution in [-0.2, 0) is 20.1 Å². The molecule has 3 rings (SSSR count). The Hall–Kier alpha value is -2.34. The first-order chi connectivity index (χ1) is 11.3. The van der Waals surface area contributed by atoms with E-state index in [4.69, 9.17) is 0 Å². The maximum Gasteiger partial charge on any atom is 0.191 e. The fourth-order valence-corrected chi connectivity index (χ4v) is 3.07. The van der Waals surface area contributed by atoms with Crippen molar-refractivity contribution in [3.8, 4) is 0 Å². The molecule has 1 aromatic carbocycles. The van der Waals surface area contributed by atoms with Gasteiger partial charge in [-0.2, -0.15) is 11.3 Å². The molecule has 0 aliphatic heterocycles. The zero-order valence-corrected chi connectivity index (χ0v) is 14.2. The number of nitrogens with zero attached hydrogens (tertiary/aromatic N) is 3. The molecule has 0 saturated carbocycles. The number of benzene rings is 1. The molecule has 0 aliphatic carbocycles. The van der Waals surface area contributed by atoms with Gasteiger partial charge in [-0.3, -0.25) is 0 Å². The number of thiophene rings is 1. The summed E-state index contributed by atoms with van der Waals surface area (Å²) in [6.45, 7) is 4.22. The average Bonchev–Trinajstić information content (AvgIpc) is 3.19. The normalized spacial score (nSPS) is 11.8. The smallest absolute Gasteiger partial charge is 0.191 e. The second kappa shape index (κ2) is 7.28. The van der Waals surface area contributed by atoms with Crippen molar-refractivity contribution < 1.29 is 0 Å². The number of imidazole rings is 1. The van der Waals surface area contributed by atoms with Crippen LogP contribution in [0.4, 0.5) is 0 Å². The van der Waals surface area contributed by atoms with E-state index >= 15 is 0 Å². The molecule has 0 radical (unpaired) electrons. The lowest BCUT2D eigenvalue weighted by Crippen LogP contribution is -2.37. The Morgan fingerprint density at radius 1 is 1.26 bits per heavy atom. The Balaban J connectivity index is 1.70. The Kier molecular flexibility index (Phi) is 4.92. The Morgan fingerprint density at radius 2 is 2.13 bits per heavy atom. The molecule has 5 nitrogen and oxygen atoms in total. The van der Waals surface area contributed by atoms with Gasteiger partial charge >= 0.3 is 0 Å². The predicted molar refractivity (Wildman–Crippen MR) is 96.7 cm³/mol. The first-order valence-corrected chi connectivity index (χ1v) is 8.66. The van der Waals surface area contributed by atoms with Gasteiger partial charge in [0.05, 0.1) is 24.1 Å². The number of aryl methyl sites for hydroxylation is 1. The van der Waals surface area contributed by atoms with Gasteiger partial charge in [-0.05, 0) is 41.4 Å². The molecule has 0 bridgehead atoms. The second-order valence-corrected chi connectivity index (χ2v) is 6.04. The van der Waals surface area contributed by atoms with Crippen LogP contribution in [0.2, 0.25) is 0 Å². The third kappa shape index (κ3) is 3.71. The van der Waals surface area contributed by atoms with Gasteiger partial charge in [0.2, 0.25) is 0 Å². The van der Waals surface area contributed by atoms with E-state index in [1.165, 1.54) is 5.56 Å². The molecular weight excluding hydrogens is 306 g/mol. The Morgan fingerprint density at radius 3 is 2.87 bits per heavy atom. The number of rotatable bonds is 5. The molecule has 3 aromatic rings. The maximum absolute atomic E-state index is 4.67. The van der Waals surface area contributed by atoms with Crippen LogP contribution in [-0.4, -0.2) is 22.1 Å². The van der Waals surface area contributed by atoms with Crippen molar-refractivity contribution in [2.45, 2.75) is 20.0 Å². The summed E-state index contributed by atoms with van der Waals surface area (Å²) in [6.07, 6.45) is 0. The van der Waals surface area contributed by atoms with E-state index < -0.39 is 0 Å². The predicted octanol–water partition coefficient (Wildman–Crippen LogP) is 2.89. The van der Waals surface area contributed by atoms with E-state index in [9.17, 15) is 0 Å². The van der Waals surface area contributed by atoms with Gasteiger partial charge in [-0.1, -0.05) is 12.1 Å². The van der Waals surface area contributed by atoms with Gasteiger partial charge in [-0.15, -0.1) is 0 Å². The molecule has 2 aromatic heterocycles. The van der Waals surface area contributed by atoms with Crippen molar-refractivity contribution in [1.82, 2.24) is 20.2 Å². The number of guanidine groups is 1. The summed E-state index contributed by atoms with van der Waals surface area (Å²) in [5.41, 5.74) is 3.39. The van der Waals surface area contributed by atoms with Crippen molar-refractivity contribution in [2.24, 2.45) is 12.0 Å². The molecule has 2 heterocycles. The van der Waals surface area contributed by atoms with Gasteiger partial charge in [0.1, 0.15) is 5.82 Å². The largest absolute Gasteiger partial charge is 0.357 e. The summed E-state index contributed by atoms with van der Waals surface area (Å²) in [5.74, 6) is 1.80. The average molecular weight is 327 g/mol. The molecule has 6 heteroatoms. The molecule has 0 fully saturated rings. The van der Waals surface area contributed by atoms with Crippen LogP contribution in [0.1, 0.15) is 18.3 Å². The number of hydrogen-bond donors (Lipinski definition) is 2. The van der Waals surface area contributed by atoms with E-state index in [1.807, 2.05) is 25.2 Å². The topological polar surface area (TPSA) is 54.2 Å². The molecular formula is C17H21N5S. The minimum atomic E-state index is 0.640. The number of para-hydroxylation sites is 2. The van der Waals surface area contributed by atoms with Crippen molar-refractivity contribution in [3.63, 3.8) is 0 Å². The third-order valence-corrected chi connectivity index (χ3v) is 4.37. The van der Waals surface area contributed by atoms with Crippen LogP contribution in [0.5, 0.6) is 0 Å². The summed E-state index contributed by atoms with van der Waals surface area (Å²) in [4.78, 5) is 9.29. The summed E-state index contributed by atoms with van der Waals surface area (Å²) < 4.78 is 2.12. The van der Waals surface area contributed by atoms with Crippen LogP contribution >= 0.6 is 11.3 Å². The van der Waals surface area contributed by atoms with Crippen molar-refractivity contribution in [2.75, 3.05) is 6.54 Å². The molecule has 2 N–H and O–H groups in total. The molecule has 0 spiro atoms. The van der Waals surface area contributed by atoms with Crippen molar-refractivity contribution in [1.29, 1.82) is 0 Å². The SMILES string of the molecule is CCNC(=NCc1ccsc1)NCc1nc2ccccc2n1C. The first kappa shape index (κ1) is 15.6. The molecule has 120 valence electrons. The fraction of sp³-hybridized carbons (Fsp3) is 0.294. The van der Waals surface area contributed by atoms with Crippen molar-refractivity contribution >= 4 is 28.3 Å². The Bertz CT molecular complexity index is 789. The molecule has 0 amide bonds. The highest BCUT2D eigenvalue weighted by atomic mass is 32.1. The zero-order valence-electron chi connectivity index (χ0n) is 13.4. The molecule has 0 unspecified atom stereocenters. The third-order valence-electron chi connectivity index (χ3n) is 3.64. The zero-order chi connectivity index (χ0) is 16.1. The van der Waals surface area contributed by atoms with Crippen LogP contribution in [0.25, 0.3) is 11.0 Å². The van der Waals surface area contributed by atoms with E-state index in [0.29, 0.717) is 13.1 Å². The molecule has 23 heavy (non-hydrogen) atoms. The fourth-order valence-electron chi connectivity index (χ4n) is 2.41. The monoisotopic (exact) mass is 327 g/mol. The quantitative estimate of drug-likeness (QED) is 0.560. The molecule has 0 saturated heterocycles. The lowest BCUT2D eigenvalue weighted by atomic mass is 10.3. The minimum Gasteiger partial charge on any atom is -0.357 e. The molecule has 0 atom stereocenters. The standard InChI is InChI=1S/C17H21N5S/c1-3-18-17(19-10-13-8-9-23-12-13)20-11-16-21-14-6-4-5-7-15(14)22(16)2/h4-9,12H,3,10-11H2,1-2H3,(H2,18,19,20). The second-order valence-electron chi connectivity index (χ2n) is 5.26. The maximum atomic E-state index is 4.67. The lowest BCUT2D eigenvalue weighted by molar-refractivity contribution is 0.738. The van der Waals surface area contributed by atoms with Crippen LogP contribution < -0.4 is 10.6 Å².